The highest BCUT2D eigenvalue weighted by molar-refractivity contribution is 5.96. The lowest BCUT2D eigenvalue weighted by Gasteiger charge is -2.18. The molecule has 1 saturated heterocycles. The normalized spacial score (nSPS) is 14.4. The molecule has 0 unspecified atom stereocenters. The molecule has 3 N–H and O–H groups in total. The maximum atomic E-state index is 13.2. The van der Waals surface area contributed by atoms with Crippen molar-refractivity contribution in [2.45, 2.75) is 19.0 Å². The molecule has 0 radical (unpaired) electrons. The minimum Gasteiger partial charge on any atom is -0.494 e. The number of hydrogen-bond donors (Lipinski definition) is 3. The van der Waals surface area contributed by atoms with Crippen molar-refractivity contribution in [2.24, 2.45) is 0 Å². The number of benzene rings is 1. The number of nitrogens with one attached hydrogen (secondary N) is 3. The van der Waals surface area contributed by atoms with E-state index in [4.69, 9.17) is 4.74 Å². The molecule has 3 heterocycles. The van der Waals surface area contributed by atoms with Crippen LogP contribution in [0.15, 0.2) is 24.4 Å². The summed E-state index contributed by atoms with van der Waals surface area (Å²) >= 11 is 0. The first-order chi connectivity index (χ1) is 14.3. The Morgan fingerprint density at radius 3 is 2.70 bits per heavy atom. The van der Waals surface area contributed by atoms with Crippen LogP contribution >= 0.6 is 0 Å². The number of ether oxygens (including phenoxy) is 1. The molecule has 158 valence electrons. The summed E-state index contributed by atoms with van der Waals surface area (Å²) in [6, 6.07) is 5.20. The Bertz CT molecular complexity index is 1110. The monoisotopic (exact) mass is 420 g/mol. The quantitative estimate of drug-likeness (QED) is 0.580. The van der Waals surface area contributed by atoms with Gasteiger partial charge in [-0.1, -0.05) is 0 Å². The van der Waals surface area contributed by atoms with Crippen molar-refractivity contribution in [3.05, 3.63) is 30.0 Å². The van der Waals surface area contributed by atoms with Crippen molar-refractivity contribution in [2.75, 3.05) is 36.2 Å². The zero-order valence-electron chi connectivity index (χ0n) is 16.2. The van der Waals surface area contributed by atoms with Crippen LogP contribution in [-0.2, 0) is 11.0 Å². The Morgan fingerprint density at radius 2 is 2.07 bits per heavy atom. The SMILES string of the molecule is CNc1nc(Nc2ccc(N3CCCC3=O)cc2OC)nc2[nH]cc(C(F)(F)F)c12. The number of rotatable bonds is 5. The Morgan fingerprint density at radius 1 is 1.27 bits per heavy atom. The van der Waals surface area contributed by atoms with E-state index >= 15 is 0 Å². The van der Waals surface area contributed by atoms with Crippen LogP contribution in [-0.4, -0.2) is 41.6 Å². The fourth-order valence-electron chi connectivity index (χ4n) is 3.49. The van der Waals surface area contributed by atoms with Gasteiger partial charge in [0.25, 0.3) is 0 Å². The average Bonchev–Trinajstić information content (AvgIpc) is 3.33. The van der Waals surface area contributed by atoms with Crippen LogP contribution in [0.25, 0.3) is 11.0 Å². The lowest BCUT2D eigenvalue weighted by atomic mass is 10.2. The van der Waals surface area contributed by atoms with Gasteiger partial charge < -0.3 is 25.3 Å². The number of alkyl halides is 3. The van der Waals surface area contributed by atoms with Gasteiger partial charge in [-0.25, -0.2) is 0 Å². The number of hydrogen-bond acceptors (Lipinski definition) is 6. The molecule has 2 aromatic heterocycles. The van der Waals surface area contributed by atoms with Crippen molar-refractivity contribution in [1.29, 1.82) is 0 Å². The Balaban J connectivity index is 1.69. The number of aromatic amines is 1. The second kappa shape index (κ2) is 7.39. The van der Waals surface area contributed by atoms with Crippen molar-refractivity contribution >= 4 is 40.1 Å². The van der Waals surface area contributed by atoms with Crippen LogP contribution < -0.4 is 20.3 Å². The number of carbonyl (C=O) groups is 1. The summed E-state index contributed by atoms with van der Waals surface area (Å²) in [5, 5.41) is 5.53. The lowest BCUT2D eigenvalue weighted by molar-refractivity contribution is -0.136. The first-order valence-corrected chi connectivity index (χ1v) is 9.21. The predicted molar refractivity (Wildman–Crippen MR) is 106 cm³/mol. The summed E-state index contributed by atoms with van der Waals surface area (Å²) in [7, 11) is 2.97. The molecule has 0 aliphatic carbocycles. The highest BCUT2D eigenvalue weighted by atomic mass is 19.4. The van der Waals surface area contributed by atoms with Gasteiger partial charge >= 0.3 is 6.18 Å². The van der Waals surface area contributed by atoms with Gasteiger partial charge in [0.1, 0.15) is 17.2 Å². The highest BCUT2D eigenvalue weighted by Gasteiger charge is 2.35. The van der Waals surface area contributed by atoms with Crippen LogP contribution in [0, 0.1) is 0 Å². The molecular weight excluding hydrogens is 401 g/mol. The summed E-state index contributed by atoms with van der Waals surface area (Å²) in [6.45, 7) is 0.647. The predicted octanol–water partition coefficient (Wildman–Crippen LogP) is 3.90. The second-order valence-corrected chi connectivity index (χ2v) is 6.73. The minimum atomic E-state index is -4.53. The van der Waals surface area contributed by atoms with Crippen LogP contribution in [0.5, 0.6) is 5.75 Å². The van der Waals surface area contributed by atoms with Crippen molar-refractivity contribution in [3.63, 3.8) is 0 Å². The van der Waals surface area contributed by atoms with E-state index in [9.17, 15) is 18.0 Å². The van der Waals surface area contributed by atoms with Crippen LogP contribution in [0.2, 0.25) is 0 Å². The molecule has 1 aliphatic heterocycles. The smallest absolute Gasteiger partial charge is 0.418 e. The Labute approximate surface area is 169 Å². The lowest BCUT2D eigenvalue weighted by Crippen LogP contribution is -2.23. The number of nitrogens with zero attached hydrogens (tertiary/aromatic N) is 3. The minimum absolute atomic E-state index is 0.0364. The van der Waals surface area contributed by atoms with E-state index in [1.165, 1.54) is 14.2 Å². The number of aromatic nitrogens is 3. The molecule has 1 fully saturated rings. The van der Waals surface area contributed by atoms with Crippen molar-refractivity contribution < 1.29 is 22.7 Å². The molecule has 30 heavy (non-hydrogen) atoms. The molecule has 3 aromatic rings. The molecular formula is C19H19F3N6O2. The molecule has 1 aromatic carbocycles. The highest BCUT2D eigenvalue weighted by Crippen LogP contribution is 2.38. The molecule has 0 spiro atoms. The molecule has 1 aliphatic rings. The number of fused-ring (bicyclic) bond motifs is 1. The zero-order valence-corrected chi connectivity index (χ0v) is 16.2. The summed E-state index contributed by atoms with van der Waals surface area (Å²) in [4.78, 5) is 24.5. The molecule has 0 atom stereocenters. The van der Waals surface area contributed by atoms with Gasteiger partial charge in [-0.05, 0) is 18.6 Å². The number of methoxy groups -OCH3 is 1. The van der Waals surface area contributed by atoms with Gasteiger partial charge in [-0.2, -0.15) is 23.1 Å². The number of halogens is 3. The number of amides is 1. The third kappa shape index (κ3) is 3.46. The number of anilines is 4. The van der Waals surface area contributed by atoms with E-state index in [-0.39, 0.29) is 28.7 Å². The molecule has 0 saturated carbocycles. The van der Waals surface area contributed by atoms with Gasteiger partial charge in [-0.15, -0.1) is 0 Å². The van der Waals surface area contributed by atoms with Gasteiger partial charge in [0.2, 0.25) is 11.9 Å². The van der Waals surface area contributed by atoms with Gasteiger partial charge in [0.05, 0.1) is 23.7 Å². The van der Waals surface area contributed by atoms with E-state index < -0.39 is 11.7 Å². The van der Waals surface area contributed by atoms with E-state index in [0.717, 1.165) is 12.6 Å². The first kappa shape index (κ1) is 19.8. The zero-order chi connectivity index (χ0) is 21.5. The third-order valence-corrected chi connectivity index (χ3v) is 4.89. The third-order valence-electron chi connectivity index (χ3n) is 4.89. The molecule has 0 bridgehead atoms. The maximum Gasteiger partial charge on any atom is 0.418 e. The largest absolute Gasteiger partial charge is 0.494 e. The average molecular weight is 420 g/mol. The van der Waals surface area contributed by atoms with Gasteiger partial charge in [0.15, 0.2) is 0 Å². The van der Waals surface area contributed by atoms with Crippen molar-refractivity contribution in [3.8, 4) is 5.75 Å². The summed E-state index contributed by atoms with van der Waals surface area (Å²) in [5.41, 5.74) is 0.427. The molecule has 11 heteroatoms. The van der Waals surface area contributed by atoms with Crippen LogP contribution in [0.4, 0.5) is 36.3 Å². The molecule has 8 nitrogen and oxygen atoms in total. The fraction of sp³-hybridized carbons (Fsp3) is 0.316. The first-order valence-electron chi connectivity index (χ1n) is 9.21. The number of carbonyl (C=O) groups excluding carboxylic acids is 1. The topological polar surface area (TPSA) is 95.2 Å². The fourth-order valence-corrected chi connectivity index (χ4v) is 3.49. The van der Waals surface area contributed by atoms with E-state index in [0.29, 0.717) is 30.1 Å². The van der Waals surface area contributed by atoms with E-state index in [1.54, 1.807) is 23.1 Å². The van der Waals surface area contributed by atoms with Gasteiger partial charge in [0, 0.05) is 38.0 Å². The van der Waals surface area contributed by atoms with Crippen LogP contribution in [0.3, 0.4) is 0 Å². The number of H-pyrrole nitrogens is 1. The van der Waals surface area contributed by atoms with Gasteiger partial charge in [-0.3, -0.25) is 4.79 Å². The maximum absolute atomic E-state index is 13.2. The standard InChI is InChI=1S/C19H19F3N6O2/c1-23-16-15-11(19(20,21)22)9-24-17(15)27-18(26-16)25-12-6-5-10(8-13(12)30-2)28-7-3-4-14(28)29/h5-6,8-9H,3-4,7H2,1-2H3,(H3,23,24,25,26,27). The van der Waals surface area contributed by atoms with Crippen molar-refractivity contribution in [1.82, 2.24) is 15.0 Å². The summed E-state index contributed by atoms with van der Waals surface area (Å²) in [5.74, 6) is 0.627. The second-order valence-electron chi connectivity index (χ2n) is 6.73. The molecule has 4 rings (SSSR count). The Kier molecular flexibility index (Phi) is 4.88. The summed E-state index contributed by atoms with van der Waals surface area (Å²) < 4.78 is 45.1. The summed E-state index contributed by atoms with van der Waals surface area (Å²) in [6.07, 6.45) is -2.35. The van der Waals surface area contributed by atoms with E-state index in [2.05, 4.69) is 25.6 Å². The molecule has 1 amide bonds. The van der Waals surface area contributed by atoms with E-state index in [1.807, 2.05) is 0 Å². The Hall–Kier alpha value is -3.50. The van der Waals surface area contributed by atoms with Crippen LogP contribution in [0.1, 0.15) is 18.4 Å².